The molecule has 21 heavy (non-hydrogen) atoms. The molecular weight excluding hydrogens is 274 g/mol. The smallest absolute Gasteiger partial charge is 0.298 e. The maximum Gasteiger partial charge on any atom is 0.298 e. The largest absolute Gasteiger partial charge is 0.409 e. The SMILES string of the molecule is CC(C)CN(c1ccc([N+](=O)[O-])c(/C(N)=N/O)n1)C1CC1. The van der Waals surface area contributed by atoms with E-state index in [-0.39, 0.29) is 17.2 Å². The van der Waals surface area contributed by atoms with Crippen LogP contribution in [-0.4, -0.2) is 33.5 Å². The highest BCUT2D eigenvalue weighted by Crippen LogP contribution is 2.32. The van der Waals surface area contributed by atoms with E-state index in [9.17, 15) is 10.1 Å². The number of oxime groups is 1. The van der Waals surface area contributed by atoms with Crippen LogP contribution < -0.4 is 10.6 Å². The minimum Gasteiger partial charge on any atom is -0.409 e. The molecule has 1 heterocycles. The van der Waals surface area contributed by atoms with E-state index in [2.05, 4.69) is 28.9 Å². The summed E-state index contributed by atoms with van der Waals surface area (Å²) in [4.78, 5) is 16.8. The normalized spacial score (nSPS) is 15.3. The number of nitro groups is 1. The third kappa shape index (κ3) is 3.39. The lowest BCUT2D eigenvalue weighted by atomic mass is 10.2. The Kier molecular flexibility index (Phi) is 4.25. The van der Waals surface area contributed by atoms with Gasteiger partial charge in [-0.25, -0.2) is 4.98 Å². The zero-order valence-electron chi connectivity index (χ0n) is 12.1. The highest BCUT2D eigenvalue weighted by atomic mass is 16.6. The zero-order chi connectivity index (χ0) is 15.6. The molecule has 0 spiro atoms. The van der Waals surface area contributed by atoms with Crippen molar-refractivity contribution in [1.82, 2.24) is 4.98 Å². The molecule has 1 aliphatic rings. The molecule has 1 aliphatic carbocycles. The summed E-state index contributed by atoms with van der Waals surface area (Å²) >= 11 is 0. The second kappa shape index (κ2) is 5.94. The topological polar surface area (TPSA) is 118 Å². The van der Waals surface area contributed by atoms with Crippen LogP contribution in [0.4, 0.5) is 11.5 Å². The number of rotatable bonds is 6. The Hall–Kier alpha value is -2.38. The van der Waals surface area contributed by atoms with E-state index in [1.54, 1.807) is 6.07 Å². The van der Waals surface area contributed by atoms with Gasteiger partial charge in [-0.3, -0.25) is 10.1 Å². The summed E-state index contributed by atoms with van der Waals surface area (Å²) in [5, 5.41) is 22.6. The number of aromatic nitrogens is 1. The minimum atomic E-state index is -0.589. The van der Waals surface area contributed by atoms with Gasteiger partial charge in [0.05, 0.1) is 4.92 Å². The Balaban J connectivity index is 2.42. The van der Waals surface area contributed by atoms with Crippen LogP contribution in [0, 0.1) is 16.0 Å². The van der Waals surface area contributed by atoms with Crippen molar-refractivity contribution in [3.05, 3.63) is 27.9 Å². The maximum absolute atomic E-state index is 11.0. The molecule has 0 saturated heterocycles. The van der Waals surface area contributed by atoms with E-state index in [4.69, 9.17) is 10.9 Å². The fourth-order valence-corrected chi connectivity index (χ4v) is 2.19. The van der Waals surface area contributed by atoms with Crippen LogP contribution in [0.1, 0.15) is 32.4 Å². The van der Waals surface area contributed by atoms with Crippen LogP contribution in [0.25, 0.3) is 0 Å². The Labute approximate surface area is 122 Å². The predicted molar refractivity (Wildman–Crippen MR) is 78.6 cm³/mol. The maximum atomic E-state index is 11.0. The molecule has 2 rings (SSSR count). The molecule has 0 amide bonds. The molecular formula is C13H19N5O3. The van der Waals surface area contributed by atoms with Crippen molar-refractivity contribution in [2.75, 3.05) is 11.4 Å². The molecule has 0 atom stereocenters. The summed E-state index contributed by atoms with van der Waals surface area (Å²) in [5.74, 6) is 0.706. The second-order valence-electron chi connectivity index (χ2n) is 5.56. The lowest BCUT2D eigenvalue weighted by Crippen LogP contribution is -2.31. The van der Waals surface area contributed by atoms with Crippen LogP contribution in [0.2, 0.25) is 0 Å². The molecule has 1 aromatic heterocycles. The predicted octanol–water partition coefficient (Wildman–Crippen LogP) is 1.71. The fraction of sp³-hybridized carbons (Fsp3) is 0.538. The monoisotopic (exact) mass is 293 g/mol. The average molecular weight is 293 g/mol. The Morgan fingerprint density at radius 2 is 2.29 bits per heavy atom. The van der Waals surface area contributed by atoms with E-state index < -0.39 is 4.92 Å². The van der Waals surface area contributed by atoms with Crippen molar-refractivity contribution in [3.63, 3.8) is 0 Å². The number of pyridine rings is 1. The van der Waals surface area contributed by atoms with Gasteiger partial charge < -0.3 is 15.8 Å². The van der Waals surface area contributed by atoms with E-state index in [0.717, 1.165) is 19.4 Å². The molecule has 3 N–H and O–H groups in total. The Morgan fingerprint density at radius 3 is 2.76 bits per heavy atom. The summed E-state index contributed by atoms with van der Waals surface area (Å²) in [6.45, 7) is 5.02. The molecule has 1 saturated carbocycles. The second-order valence-corrected chi connectivity index (χ2v) is 5.56. The van der Waals surface area contributed by atoms with Crippen molar-refractivity contribution < 1.29 is 10.1 Å². The van der Waals surface area contributed by atoms with Gasteiger partial charge in [0, 0.05) is 18.7 Å². The lowest BCUT2D eigenvalue weighted by Gasteiger charge is -2.25. The van der Waals surface area contributed by atoms with E-state index >= 15 is 0 Å². The standard InChI is InChI=1S/C13H19N5O3/c1-8(2)7-17(9-3-4-9)11-6-5-10(18(20)21)12(15-11)13(14)16-19/h5-6,8-9,19H,3-4,7H2,1-2H3,(H2,14,16). The average Bonchev–Trinajstić information content (AvgIpc) is 3.27. The molecule has 114 valence electrons. The summed E-state index contributed by atoms with van der Waals surface area (Å²) in [6.07, 6.45) is 2.18. The van der Waals surface area contributed by atoms with Crippen LogP contribution in [0.15, 0.2) is 17.3 Å². The quantitative estimate of drug-likeness (QED) is 0.271. The number of nitrogens with two attached hydrogens (primary N) is 1. The highest BCUT2D eigenvalue weighted by molar-refractivity contribution is 5.99. The molecule has 8 nitrogen and oxygen atoms in total. The van der Waals surface area contributed by atoms with Crippen molar-refractivity contribution in [2.45, 2.75) is 32.7 Å². The van der Waals surface area contributed by atoms with Crippen molar-refractivity contribution >= 4 is 17.3 Å². The number of nitrogens with zero attached hydrogens (tertiary/aromatic N) is 4. The molecule has 8 heteroatoms. The number of amidine groups is 1. The Bertz CT molecular complexity index is 569. The van der Waals surface area contributed by atoms with Crippen LogP contribution in [0.3, 0.4) is 0 Å². The summed E-state index contributed by atoms with van der Waals surface area (Å²) in [7, 11) is 0. The van der Waals surface area contributed by atoms with Crippen LogP contribution in [0.5, 0.6) is 0 Å². The lowest BCUT2D eigenvalue weighted by molar-refractivity contribution is -0.385. The molecule has 0 aromatic carbocycles. The third-order valence-corrected chi connectivity index (χ3v) is 3.25. The number of anilines is 1. The van der Waals surface area contributed by atoms with Gasteiger partial charge in [0.25, 0.3) is 5.69 Å². The first kappa shape index (κ1) is 15.0. The fourth-order valence-electron chi connectivity index (χ4n) is 2.19. The number of hydrogen-bond acceptors (Lipinski definition) is 6. The molecule has 1 aromatic rings. The van der Waals surface area contributed by atoms with Crippen LogP contribution in [-0.2, 0) is 0 Å². The molecule has 0 bridgehead atoms. The molecule has 0 unspecified atom stereocenters. The minimum absolute atomic E-state index is 0.102. The first-order valence-corrected chi connectivity index (χ1v) is 6.84. The van der Waals surface area contributed by atoms with Gasteiger partial charge in [0.2, 0.25) is 0 Å². The van der Waals surface area contributed by atoms with Crippen molar-refractivity contribution in [2.24, 2.45) is 16.8 Å². The molecule has 1 fully saturated rings. The van der Waals surface area contributed by atoms with Gasteiger partial charge in [-0.05, 0) is 24.8 Å². The van der Waals surface area contributed by atoms with E-state index in [1.807, 2.05) is 0 Å². The first-order chi connectivity index (χ1) is 9.93. The highest BCUT2D eigenvalue weighted by Gasteiger charge is 2.31. The summed E-state index contributed by atoms with van der Waals surface area (Å²) in [6, 6.07) is 3.39. The van der Waals surface area contributed by atoms with Gasteiger partial charge in [0.15, 0.2) is 11.5 Å². The van der Waals surface area contributed by atoms with Crippen LogP contribution >= 0.6 is 0 Å². The van der Waals surface area contributed by atoms with Crippen molar-refractivity contribution in [3.8, 4) is 0 Å². The van der Waals surface area contributed by atoms with Gasteiger partial charge in [-0.1, -0.05) is 19.0 Å². The van der Waals surface area contributed by atoms with Gasteiger partial charge in [0.1, 0.15) is 5.82 Å². The number of hydrogen-bond donors (Lipinski definition) is 2. The van der Waals surface area contributed by atoms with E-state index in [0.29, 0.717) is 17.8 Å². The zero-order valence-corrected chi connectivity index (χ0v) is 12.1. The first-order valence-electron chi connectivity index (χ1n) is 6.84. The van der Waals surface area contributed by atoms with Gasteiger partial charge in [-0.15, -0.1) is 0 Å². The summed E-state index contributed by atoms with van der Waals surface area (Å²) in [5.41, 5.74) is 5.14. The third-order valence-electron chi connectivity index (χ3n) is 3.25. The summed E-state index contributed by atoms with van der Waals surface area (Å²) < 4.78 is 0. The van der Waals surface area contributed by atoms with Gasteiger partial charge >= 0.3 is 0 Å². The van der Waals surface area contributed by atoms with Crippen molar-refractivity contribution in [1.29, 1.82) is 0 Å². The van der Waals surface area contributed by atoms with Gasteiger partial charge in [-0.2, -0.15) is 0 Å². The molecule has 0 radical (unpaired) electrons. The Morgan fingerprint density at radius 1 is 1.62 bits per heavy atom. The van der Waals surface area contributed by atoms with E-state index in [1.165, 1.54) is 6.07 Å². The molecule has 0 aliphatic heterocycles.